The normalized spacial score (nSPS) is 15.0. The summed E-state index contributed by atoms with van der Waals surface area (Å²) in [5.74, 6) is 5.49. The van der Waals surface area contributed by atoms with Crippen molar-refractivity contribution in [3.05, 3.63) is 70.6 Å². The van der Waals surface area contributed by atoms with Gasteiger partial charge in [-0.05, 0) is 111 Å². The number of aromatic nitrogens is 2. The number of rotatable bonds is 12. The van der Waals surface area contributed by atoms with Crippen LogP contribution in [0.4, 0.5) is 9.59 Å². The van der Waals surface area contributed by atoms with Crippen LogP contribution in [0.3, 0.4) is 0 Å². The number of nitrogens with zero attached hydrogens (tertiary/aromatic N) is 6. The van der Waals surface area contributed by atoms with Crippen LogP contribution < -0.4 is 11.3 Å². The Kier molecular flexibility index (Phi) is 20.5. The fourth-order valence-corrected chi connectivity index (χ4v) is 6.28. The lowest BCUT2D eigenvalue weighted by Crippen LogP contribution is -2.49. The van der Waals surface area contributed by atoms with Crippen molar-refractivity contribution in [3.63, 3.8) is 0 Å². The SMILES string of the molecule is CCOC(OCC)OCC.Cc1ccc(CN2CCN(C(=O)OC(C)(C)C)CC2)cc1-c1nnco1.Cc1ccc(CN2CCN(C(=O)OC(C)(C)C)CC2)cc1C(=O)NN. The van der Waals surface area contributed by atoms with Crippen molar-refractivity contribution in [1.82, 2.24) is 35.2 Å². The summed E-state index contributed by atoms with van der Waals surface area (Å²) in [4.78, 5) is 44.2. The Morgan fingerprint density at radius 2 is 1.15 bits per heavy atom. The van der Waals surface area contributed by atoms with Crippen LogP contribution in [-0.4, -0.2) is 138 Å². The summed E-state index contributed by atoms with van der Waals surface area (Å²) < 4.78 is 31.4. The monoisotopic (exact) mass is 855 g/mol. The molecule has 0 saturated carbocycles. The number of piperazine rings is 2. The van der Waals surface area contributed by atoms with Gasteiger partial charge in [-0.3, -0.25) is 20.0 Å². The molecule has 340 valence electrons. The first-order valence-corrected chi connectivity index (χ1v) is 21.1. The predicted molar refractivity (Wildman–Crippen MR) is 232 cm³/mol. The molecule has 3 heterocycles. The van der Waals surface area contributed by atoms with E-state index in [0.717, 1.165) is 61.5 Å². The van der Waals surface area contributed by atoms with Crippen molar-refractivity contribution in [1.29, 1.82) is 0 Å². The number of hydrazine groups is 1. The number of nitrogen functional groups attached to an aromatic ring is 1. The van der Waals surface area contributed by atoms with Crippen molar-refractivity contribution in [3.8, 4) is 11.5 Å². The lowest BCUT2D eigenvalue weighted by molar-refractivity contribution is -0.282. The molecule has 0 bridgehead atoms. The Labute approximate surface area is 362 Å². The third-order valence-electron chi connectivity index (χ3n) is 9.34. The van der Waals surface area contributed by atoms with Gasteiger partial charge in [-0.15, -0.1) is 10.2 Å². The molecule has 2 aliphatic rings. The Balaban J connectivity index is 0.000000268. The standard InChI is InChI=1S/C19H26N4O3.C18H28N4O3.C7H16O3/c1-14-5-6-15(11-16(14)17-21-20-13-25-17)12-22-7-9-23(10-8-22)18(24)26-19(2,3)4;1-13-5-6-14(11-15(13)16(23)20-19)12-21-7-9-22(10-8-21)17(24)25-18(2,3)4;1-4-8-7(9-5-2)10-6-3/h5-6,11,13H,7-10,12H2,1-4H3;5-6,11H,7-10,12,19H2,1-4H3,(H,20,23);7H,4-6H2,1-3H3. The van der Waals surface area contributed by atoms with Gasteiger partial charge in [0.1, 0.15) is 11.2 Å². The molecule has 1 aromatic heterocycles. The van der Waals surface area contributed by atoms with Crippen molar-refractivity contribution in [2.45, 2.75) is 107 Å². The second kappa shape index (κ2) is 24.7. The van der Waals surface area contributed by atoms with E-state index in [1.165, 1.54) is 12.0 Å². The van der Waals surface area contributed by atoms with E-state index < -0.39 is 17.7 Å². The van der Waals surface area contributed by atoms with Gasteiger partial charge in [-0.2, -0.15) is 0 Å². The third kappa shape index (κ3) is 18.1. The highest BCUT2D eigenvalue weighted by molar-refractivity contribution is 5.95. The number of hydrogen-bond donors (Lipinski definition) is 2. The Morgan fingerprint density at radius 1 is 0.705 bits per heavy atom. The van der Waals surface area contributed by atoms with Crippen LogP contribution in [0.15, 0.2) is 47.2 Å². The molecule has 0 radical (unpaired) electrons. The molecule has 5 rings (SSSR count). The van der Waals surface area contributed by atoms with Crippen LogP contribution in [-0.2, 0) is 36.8 Å². The number of nitrogens with two attached hydrogens (primary N) is 1. The van der Waals surface area contributed by atoms with E-state index >= 15 is 0 Å². The van der Waals surface area contributed by atoms with Gasteiger partial charge in [0.15, 0.2) is 0 Å². The number of nitrogens with one attached hydrogen (secondary N) is 1. The summed E-state index contributed by atoms with van der Waals surface area (Å²) in [6.45, 7) is 29.6. The molecule has 17 nitrogen and oxygen atoms in total. The van der Waals surface area contributed by atoms with Gasteiger partial charge in [0.2, 0.25) is 12.3 Å². The average molecular weight is 855 g/mol. The number of carbonyl (C=O) groups is 3. The summed E-state index contributed by atoms with van der Waals surface area (Å²) in [7, 11) is 0. The minimum Gasteiger partial charge on any atom is -0.444 e. The van der Waals surface area contributed by atoms with Crippen molar-refractivity contribution >= 4 is 18.1 Å². The molecule has 2 saturated heterocycles. The van der Waals surface area contributed by atoms with Crippen LogP contribution in [0, 0.1) is 13.8 Å². The molecule has 0 aliphatic carbocycles. The molecule has 2 aliphatic heterocycles. The average Bonchev–Trinajstić information content (AvgIpc) is 3.74. The number of benzene rings is 2. The van der Waals surface area contributed by atoms with E-state index in [1.54, 1.807) is 9.80 Å². The minimum atomic E-state index is -0.476. The van der Waals surface area contributed by atoms with E-state index in [0.29, 0.717) is 57.5 Å². The Hall–Kier alpha value is -4.65. The molecule has 3 amide bonds. The van der Waals surface area contributed by atoms with Crippen molar-refractivity contribution in [2.24, 2.45) is 5.84 Å². The first-order valence-electron chi connectivity index (χ1n) is 21.1. The van der Waals surface area contributed by atoms with Crippen molar-refractivity contribution in [2.75, 3.05) is 72.2 Å². The zero-order valence-corrected chi connectivity index (χ0v) is 38.2. The van der Waals surface area contributed by atoms with E-state index in [4.69, 9.17) is 33.9 Å². The Morgan fingerprint density at radius 3 is 1.54 bits per heavy atom. The smallest absolute Gasteiger partial charge is 0.410 e. The molecule has 0 atom stereocenters. The molecule has 17 heteroatoms. The summed E-state index contributed by atoms with van der Waals surface area (Å²) in [5.41, 5.74) is 7.04. The summed E-state index contributed by atoms with van der Waals surface area (Å²) in [5, 5.41) is 7.76. The number of hydrogen-bond acceptors (Lipinski definition) is 14. The Bertz CT molecular complexity index is 1770. The second-order valence-electron chi connectivity index (χ2n) is 16.7. The van der Waals surface area contributed by atoms with Crippen LogP contribution in [0.5, 0.6) is 0 Å². The van der Waals surface area contributed by atoms with E-state index in [2.05, 4.69) is 43.6 Å². The maximum Gasteiger partial charge on any atom is 0.410 e. The fraction of sp³-hybridized carbons (Fsp3) is 0.614. The van der Waals surface area contributed by atoms with Gasteiger partial charge in [-0.25, -0.2) is 15.4 Å². The van der Waals surface area contributed by atoms with Crippen LogP contribution in [0.25, 0.3) is 11.5 Å². The van der Waals surface area contributed by atoms with Crippen LogP contribution in [0.2, 0.25) is 0 Å². The van der Waals surface area contributed by atoms with E-state index in [1.807, 2.05) is 94.4 Å². The molecular formula is C44H70N8O9. The highest BCUT2D eigenvalue weighted by atomic mass is 16.8. The summed E-state index contributed by atoms with van der Waals surface area (Å²) >= 11 is 0. The summed E-state index contributed by atoms with van der Waals surface area (Å²) in [6.07, 6.45) is 0.854. The molecule has 61 heavy (non-hydrogen) atoms. The number of ether oxygens (including phenoxy) is 5. The van der Waals surface area contributed by atoms with Gasteiger partial charge >= 0.3 is 12.2 Å². The summed E-state index contributed by atoms with van der Waals surface area (Å²) in [6, 6.07) is 12.1. The minimum absolute atomic E-state index is 0.230. The maximum atomic E-state index is 12.2. The van der Waals surface area contributed by atoms with Gasteiger partial charge in [-0.1, -0.05) is 24.3 Å². The fourth-order valence-electron chi connectivity index (χ4n) is 6.28. The second-order valence-corrected chi connectivity index (χ2v) is 16.7. The number of amides is 3. The molecular weight excluding hydrogens is 785 g/mol. The first kappa shape index (κ1) is 50.7. The molecule has 0 spiro atoms. The maximum absolute atomic E-state index is 12.2. The van der Waals surface area contributed by atoms with Crippen molar-refractivity contribution < 1.29 is 42.5 Å². The lowest BCUT2D eigenvalue weighted by atomic mass is 10.0. The van der Waals surface area contributed by atoms with Crippen LogP contribution in [0.1, 0.15) is 94.9 Å². The largest absolute Gasteiger partial charge is 0.444 e. The predicted octanol–water partition coefficient (Wildman–Crippen LogP) is 6.13. The van der Waals surface area contributed by atoms with Gasteiger partial charge < -0.3 is 37.9 Å². The topological polar surface area (TPSA) is 187 Å². The van der Waals surface area contributed by atoms with Gasteiger partial charge in [0.05, 0.1) is 0 Å². The molecule has 3 aromatic rings. The quantitative estimate of drug-likeness (QED) is 0.0917. The van der Waals surface area contributed by atoms with E-state index in [9.17, 15) is 14.4 Å². The molecule has 3 N–H and O–H groups in total. The number of carbonyl (C=O) groups excluding carboxylic acids is 3. The van der Waals surface area contributed by atoms with Gasteiger partial charge in [0, 0.05) is 96.4 Å². The number of aryl methyl sites for hydroxylation is 2. The molecule has 0 unspecified atom stereocenters. The van der Waals surface area contributed by atoms with Gasteiger partial charge in [0.25, 0.3) is 12.4 Å². The highest BCUT2D eigenvalue weighted by Crippen LogP contribution is 2.24. The highest BCUT2D eigenvalue weighted by Gasteiger charge is 2.27. The first-order chi connectivity index (χ1) is 28.9. The van der Waals surface area contributed by atoms with Crippen LogP contribution >= 0.6 is 0 Å². The lowest BCUT2D eigenvalue weighted by Gasteiger charge is -2.35. The van der Waals surface area contributed by atoms with E-state index in [-0.39, 0.29) is 18.1 Å². The molecule has 2 aromatic carbocycles. The zero-order valence-electron chi connectivity index (χ0n) is 38.2. The molecule has 2 fully saturated rings. The third-order valence-corrected chi connectivity index (χ3v) is 9.34. The zero-order chi connectivity index (χ0) is 45.2.